The van der Waals surface area contributed by atoms with E-state index in [4.69, 9.17) is 14.6 Å². The van der Waals surface area contributed by atoms with E-state index in [1.54, 1.807) is 23.0 Å². The maximum Gasteiger partial charge on any atom is 0.306 e. The van der Waals surface area contributed by atoms with E-state index in [2.05, 4.69) is 18.8 Å². The summed E-state index contributed by atoms with van der Waals surface area (Å²) in [7, 11) is 0. The van der Waals surface area contributed by atoms with Crippen molar-refractivity contribution in [2.24, 2.45) is 0 Å². The molecule has 1 aliphatic rings. The summed E-state index contributed by atoms with van der Waals surface area (Å²) in [6.45, 7) is 9.69. The standard InChI is InChI=1S/C29H34FN3O4/c1-6-29(18-25(34)35)17-22(36-28(4,5)37-29)14-15-23-26(19(2)3)32-33(24-9-7-8-16-31-24)27(23)20-10-12-21(30)13-11-20/h7-16,19,22H,6,17-18H2,1-5H3,(H,34,35). The molecule has 1 aliphatic heterocycles. The van der Waals surface area contributed by atoms with Crippen LogP contribution in [-0.2, 0) is 14.3 Å². The predicted octanol–water partition coefficient (Wildman–Crippen LogP) is 6.38. The Hall–Kier alpha value is -3.36. The van der Waals surface area contributed by atoms with Crippen molar-refractivity contribution in [3.05, 3.63) is 71.8 Å². The van der Waals surface area contributed by atoms with Crippen LogP contribution in [0.2, 0.25) is 0 Å². The molecule has 8 heteroatoms. The van der Waals surface area contributed by atoms with Crippen LogP contribution >= 0.6 is 0 Å². The Morgan fingerprint density at radius 2 is 1.97 bits per heavy atom. The van der Waals surface area contributed by atoms with Crippen LogP contribution in [0.3, 0.4) is 0 Å². The maximum absolute atomic E-state index is 13.8. The lowest BCUT2D eigenvalue weighted by Gasteiger charge is -2.47. The van der Waals surface area contributed by atoms with E-state index < -0.39 is 17.4 Å². The molecule has 1 fully saturated rings. The van der Waals surface area contributed by atoms with E-state index in [0.717, 1.165) is 22.5 Å². The molecule has 2 atom stereocenters. The van der Waals surface area contributed by atoms with Gasteiger partial charge < -0.3 is 14.6 Å². The normalized spacial score (nSPS) is 21.5. The summed E-state index contributed by atoms with van der Waals surface area (Å²) in [6.07, 6.45) is 6.13. The summed E-state index contributed by atoms with van der Waals surface area (Å²) in [6, 6.07) is 11.9. The van der Waals surface area contributed by atoms with Gasteiger partial charge in [0.25, 0.3) is 0 Å². The van der Waals surface area contributed by atoms with Crippen LogP contribution in [-0.4, -0.2) is 43.3 Å². The van der Waals surface area contributed by atoms with E-state index in [0.29, 0.717) is 18.7 Å². The second kappa shape index (κ2) is 10.6. The summed E-state index contributed by atoms with van der Waals surface area (Å²) < 4.78 is 27.9. The molecule has 2 unspecified atom stereocenters. The minimum Gasteiger partial charge on any atom is -0.481 e. The molecule has 1 N–H and O–H groups in total. The van der Waals surface area contributed by atoms with Crippen molar-refractivity contribution in [1.29, 1.82) is 0 Å². The van der Waals surface area contributed by atoms with Gasteiger partial charge in [-0.2, -0.15) is 5.10 Å². The van der Waals surface area contributed by atoms with Crippen LogP contribution < -0.4 is 0 Å². The summed E-state index contributed by atoms with van der Waals surface area (Å²) in [5.41, 5.74) is 2.49. The summed E-state index contributed by atoms with van der Waals surface area (Å²) in [5.74, 6) is -1.42. The van der Waals surface area contributed by atoms with E-state index in [9.17, 15) is 14.3 Å². The first-order valence-electron chi connectivity index (χ1n) is 12.6. The number of carboxylic acids is 1. The van der Waals surface area contributed by atoms with Gasteiger partial charge in [0.15, 0.2) is 11.6 Å². The van der Waals surface area contributed by atoms with Crippen LogP contribution in [0, 0.1) is 5.82 Å². The molecule has 0 aliphatic carbocycles. The van der Waals surface area contributed by atoms with E-state index in [1.165, 1.54) is 12.1 Å². The quantitative estimate of drug-likeness (QED) is 0.381. The van der Waals surface area contributed by atoms with Gasteiger partial charge >= 0.3 is 5.97 Å². The number of carbonyl (C=O) groups is 1. The minimum absolute atomic E-state index is 0.0950. The molecule has 37 heavy (non-hydrogen) atoms. The van der Waals surface area contributed by atoms with Crippen LogP contribution in [0.25, 0.3) is 23.2 Å². The zero-order valence-electron chi connectivity index (χ0n) is 21.9. The molecule has 3 aromatic rings. The average Bonchev–Trinajstić information content (AvgIpc) is 3.22. The number of benzene rings is 1. The van der Waals surface area contributed by atoms with Crippen LogP contribution in [0.5, 0.6) is 0 Å². The number of aromatic nitrogens is 3. The molecule has 1 aromatic carbocycles. The van der Waals surface area contributed by atoms with Gasteiger partial charge in [0.2, 0.25) is 0 Å². The van der Waals surface area contributed by atoms with Crippen molar-refractivity contribution in [1.82, 2.24) is 14.8 Å². The fraction of sp³-hybridized carbons (Fsp3) is 0.414. The molecule has 0 radical (unpaired) electrons. The molecule has 3 heterocycles. The van der Waals surface area contributed by atoms with Gasteiger partial charge in [-0.1, -0.05) is 39.0 Å². The number of hydrogen-bond donors (Lipinski definition) is 1. The highest BCUT2D eigenvalue weighted by molar-refractivity contribution is 5.76. The van der Waals surface area contributed by atoms with Crippen LogP contribution in [0.1, 0.15) is 71.1 Å². The third kappa shape index (κ3) is 5.97. The Bertz CT molecular complexity index is 1270. The number of rotatable bonds is 8. The number of ether oxygens (including phenoxy) is 2. The van der Waals surface area contributed by atoms with Crippen molar-refractivity contribution in [3.8, 4) is 17.1 Å². The topological polar surface area (TPSA) is 86.5 Å². The monoisotopic (exact) mass is 507 g/mol. The fourth-order valence-electron chi connectivity index (χ4n) is 4.96. The molecule has 4 rings (SSSR count). The molecule has 0 saturated carbocycles. The average molecular weight is 508 g/mol. The summed E-state index contributed by atoms with van der Waals surface area (Å²) in [5, 5.41) is 14.5. The number of halogens is 1. The Balaban J connectivity index is 1.82. The molecule has 1 saturated heterocycles. The smallest absolute Gasteiger partial charge is 0.306 e. The largest absolute Gasteiger partial charge is 0.481 e. The van der Waals surface area contributed by atoms with Crippen LogP contribution in [0.15, 0.2) is 54.7 Å². The van der Waals surface area contributed by atoms with Gasteiger partial charge in [0.05, 0.1) is 29.5 Å². The summed E-state index contributed by atoms with van der Waals surface area (Å²) in [4.78, 5) is 16.1. The van der Waals surface area contributed by atoms with Gasteiger partial charge in [-0.15, -0.1) is 0 Å². The number of carboxylic acid groups (broad SMARTS) is 1. The second-order valence-corrected chi connectivity index (χ2v) is 10.2. The van der Waals surface area contributed by atoms with Gasteiger partial charge in [-0.05, 0) is 62.6 Å². The lowest BCUT2D eigenvalue weighted by atomic mass is 9.87. The lowest BCUT2D eigenvalue weighted by molar-refractivity contribution is -0.326. The van der Waals surface area contributed by atoms with Crippen molar-refractivity contribution in [2.75, 3.05) is 0 Å². The minimum atomic E-state index is -0.947. The van der Waals surface area contributed by atoms with Gasteiger partial charge in [0, 0.05) is 23.7 Å². The number of pyridine rings is 1. The lowest BCUT2D eigenvalue weighted by Crippen LogP contribution is -2.52. The molecular weight excluding hydrogens is 473 g/mol. The van der Waals surface area contributed by atoms with Crippen molar-refractivity contribution in [2.45, 2.75) is 77.3 Å². The third-order valence-corrected chi connectivity index (χ3v) is 6.55. The van der Waals surface area contributed by atoms with Gasteiger partial charge in [0.1, 0.15) is 5.82 Å². The van der Waals surface area contributed by atoms with Crippen molar-refractivity contribution < 1.29 is 23.8 Å². The number of aliphatic carboxylic acids is 1. The van der Waals surface area contributed by atoms with Gasteiger partial charge in [-0.3, -0.25) is 4.79 Å². The number of hydrogen-bond acceptors (Lipinski definition) is 5. The Labute approximate surface area is 216 Å². The van der Waals surface area contributed by atoms with Crippen LogP contribution in [0.4, 0.5) is 4.39 Å². The van der Waals surface area contributed by atoms with Gasteiger partial charge in [-0.25, -0.2) is 14.1 Å². The first kappa shape index (κ1) is 26.7. The Kier molecular flexibility index (Phi) is 7.62. The highest BCUT2D eigenvalue weighted by Crippen LogP contribution is 2.40. The fourth-order valence-corrected chi connectivity index (χ4v) is 4.96. The van der Waals surface area contributed by atoms with Crippen molar-refractivity contribution >= 4 is 12.0 Å². The molecular formula is C29H34FN3O4. The molecule has 7 nitrogen and oxygen atoms in total. The SMILES string of the molecule is CCC1(CC(=O)O)CC(C=Cc2c(C(C)C)nn(-c3ccccn3)c2-c2ccc(F)cc2)OC(C)(C)O1. The Morgan fingerprint density at radius 3 is 2.57 bits per heavy atom. The van der Waals surface area contributed by atoms with E-state index >= 15 is 0 Å². The van der Waals surface area contributed by atoms with E-state index in [-0.39, 0.29) is 24.3 Å². The van der Waals surface area contributed by atoms with E-state index in [1.807, 2.05) is 51.1 Å². The predicted molar refractivity (Wildman–Crippen MR) is 140 cm³/mol. The molecule has 0 spiro atoms. The highest BCUT2D eigenvalue weighted by Gasteiger charge is 2.45. The first-order chi connectivity index (χ1) is 17.5. The Morgan fingerprint density at radius 1 is 1.24 bits per heavy atom. The molecule has 0 bridgehead atoms. The molecule has 0 amide bonds. The molecule has 2 aromatic heterocycles. The van der Waals surface area contributed by atoms with Crippen molar-refractivity contribution in [3.63, 3.8) is 0 Å². The zero-order chi connectivity index (χ0) is 26.8. The number of nitrogens with zero attached hydrogens (tertiary/aromatic N) is 3. The second-order valence-electron chi connectivity index (χ2n) is 10.2. The zero-order valence-corrected chi connectivity index (χ0v) is 21.9. The maximum atomic E-state index is 13.8. The summed E-state index contributed by atoms with van der Waals surface area (Å²) >= 11 is 0. The first-order valence-corrected chi connectivity index (χ1v) is 12.6. The third-order valence-electron chi connectivity index (χ3n) is 6.55. The molecule has 196 valence electrons. The highest BCUT2D eigenvalue weighted by atomic mass is 19.1.